The standard InChI is InChI=1S/C14H13N3O2/c18-11-5-3-4-10-13(11)9(8-16-10)14(19)17-12-6-1-2-7-15-12/h1-2,6-8,16H,3-5H2,(H,15,17,19). The van der Waals surface area contributed by atoms with Crippen molar-refractivity contribution in [3.63, 3.8) is 0 Å². The van der Waals surface area contributed by atoms with Gasteiger partial charge in [-0.1, -0.05) is 6.07 Å². The van der Waals surface area contributed by atoms with Crippen molar-refractivity contribution in [3.8, 4) is 0 Å². The number of aryl methyl sites for hydroxylation is 1. The zero-order valence-corrected chi connectivity index (χ0v) is 10.3. The molecule has 0 saturated heterocycles. The minimum Gasteiger partial charge on any atom is -0.364 e. The second-order valence-corrected chi connectivity index (χ2v) is 4.50. The molecule has 19 heavy (non-hydrogen) atoms. The Labute approximate surface area is 110 Å². The summed E-state index contributed by atoms with van der Waals surface area (Å²) in [5.41, 5.74) is 1.81. The summed E-state index contributed by atoms with van der Waals surface area (Å²) in [7, 11) is 0. The summed E-state index contributed by atoms with van der Waals surface area (Å²) in [5, 5.41) is 2.69. The van der Waals surface area contributed by atoms with Gasteiger partial charge in [-0.15, -0.1) is 0 Å². The monoisotopic (exact) mass is 255 g/mol. The number of rotatable bonds is 2. The Morgan fingerprint density at radius 2 is 2.21 bits per heavy atom. The Morgan fingerprint density at radius 3 is 3.00 bits per heavy atom. The summed E-state index contributed by atoms with van der Waals surface area (Å²) >= 11 is 0. The second kappa shape index (κ2) is 4.68. The van der Waals surface area contributed by atoms with Gasteiger partial charge in [-0.2, -0.15) is 0 Å². The second-order valence-electron chi connectivity index (χ2n) is 4.50. The predicted molar refractivity (Wildman–Crippen MR) is 70.3 cm³/mol. The molecule has 0 spiro atoms. The molecule has 2 aromatic heterocycles. The quantitative estimate of drug-likeness (QED) is 0.863. The fourth-order valence-corrected chi connectivity index (χ4v) is 2.33. The van der Waals surface area contributed by atoms with E-state index in [2.05, 4.69) is 15.3 Å². The van der Waals surface area contributed by atoms with E-state index < -0.39 is 0 Å². The van der Waals surface area contributed by atoms with E-state index >= 15 is 0 Å². The van der Waals surface area contributed by atoms with Crippen LogP contribution in [0.2, 0.25) is 0 Å². The maximum atomic E-state index is 12.2. The fourth-order valence-electron chi connectivity index (χ4n) is 2.33. The number of anilines is 1. The molecule has 2 aromatic rings. The van der Waals surface area contributed by atoms with Gasteiger partial charge in [0.2, 0.25) is 0 Å². The van der Waals surface area contributed by atoms with Gasteiger partial charge in [0.1, 0.15) is 5.82 Å². The van der Waals surface area contributed by atoms with Crippen molar-refractivity contribution in [2.24, 2.45) is 0 Å². The van der Waals surface area contributed by atoms with Crippen molar-refractivity contribution < 1.29 is 9.59 Å². The predicted octanol–water partition coefficient (Wildman–Crippen LogP) is 2.18. The number of nitrogens with zero attached hydrogens (tertiary/aromatic N) is 1. The molecule has 0 unspecified atom stereocenters. The van der Waals surface area contributed by atoms with Gasteiger partial charge in [0.25, 0.3) is 5.91 Å². The molecule has 0 aromatic carbocycles. The molecule has 0 atom stereocenters. The third-order valence-electron chi connectivity index (χ3n) is 3.22. The van der Waals surface area contributed by atoms with E-state index in [-0.39, 0.29) is 11.7 Å². The highest BCUT2D eigenvalue weighted by atomic mass is 16.2. The first-order valence-electron chi connectivity index (χ1n) is 6.21. The van der Waals surface area contributed by atoms with Crippen LogP contribution >= 0.6 is 0 Å². The summed E-state index contributed by atoms with van der Waals surface area (Å²) in [5.74, 6) is 0.214. The molecule has 0 aliphatic heterocycles. The van der Waals surface area contributed by atoms with Gasteiger partial charge in [-0.05, 0) is 25.0 Å². The average Bonchev–Trinajstić information content (AvgIpc) is 2.85. The van der Waals surface area contributed by atoms with Gasteiger partial charge in [0.15, 0.2) is 5.78 Å². The van der Waals surface area contributed by atoms with Gasteiger partial charge in [0, 0.05) is 24.5 Å². The van der Waals surface area contributed by atoms with Crippen molar-refractivity contribution in [2.45, 2.75) is 19.3 Å². The molecule has 0 fully saturated rings. The van der Waals surface area contributed by atoms with Gasteiger partial charge >= 0.3 is 0 Å². The number of H-pyrrole nitrogens is 1. The van der Waals surface area contributed by atoms with Crippen LogP contribution in [0.25, 0.3) is 0 Å². The summed E-state index contributed by atoms with van der Waals surface area (Å²) in [6.45, 7) is 0. The molecule has 0 radical (unpaired) electrons. The van der Waals surface area contributed by atoms with E-state index in [1.807, 2.05) is 0 Å². The van der Waals surface area contributed by atoms with Crippen LogP contribution in [0.1, 0.15) is 39.3 Å². The third-order valence-corrected chi connectivity index (χ3v) is 3.22. The minimum absolute atomic E-state index is 0.0358. The Morgan fingerprint density at radius 1 is 1.32 bits per heavy atom. The summed E-state index contributed by atoms with van der Waals surface area (Å²) < 4.78 is 0. The molecule has 96 valence electrons. The first-order chi connectivity index (χ1) is 9.25. The largest absolute Gasteiger partial charge is 0.364 e. The van der Waals surface area contributed by atoms with E-state index in [4.69, 9.17) is 0 Å². The van der Waals surface area contributed by atoms with Crippen LogP contribution in [0.15, 0.2) is 30.6 Å². The maximum absolute atomic E-state index is 12.2. The zero-order valence-electron chi connectivity index (χ0n) is 10.3. The van der Waals surface area contributed by atoms with Crippen LogP contribution in [0.4, 0.5) is 5.82 Å². The fraction of sp³-hybridized carbons (Fsp3) is 0.214. The van der Waals surface area contributed by atoms with Crippen LogP contribution in [-0.4, -0.2) is 21.7 Å². The number of aromatic nitrogens is 2. The number of aromatic amines is 1. The number of amides is 1. The number of pyridine rings is 1. The maximum Gasteiger partial charge on any atom is 0.259 e. The van der Waals surface area contributed by atoms with E-state index in [1.165, 1.54) is 0 Å². The zero-order chi connectivity index (χ0) is 13.2. The van der Waals surface area contributed by atoms with Crippen LogP contribution in [0.3, 0.4) is 0 Å². The number of ketones is 1. The highest BCUT2D eigenvalue weighted by Crippen LogP contribution is 2.24. The molecule has 3 rings (SSSR count). The molecule has 2 N–H and O–H groups in total. The van der Waals surface area contributed by atoms with Crippen molar-refractivity contribution in [3.05, 3.63) is 47.4 Å². The van der Waals surface area contributed by atoms with Crippen molar-refractivity contribution in [1.29, 1.82) is 0 Å². The number of nitrogens with one attached hydrogen (secondary N) is 2. The van der Waals surface area contributed by atoms with Gasteiger partial charge in [-0.3, -0.25) is 9.59 Å². The molecule has 1 aliphatic rings. The van der Waals surface area contributed by atoms with Crippen LogP contribution in [-0.2, 0) is 6.42 Å². The average molecular weight is 255 g/mol. The Balaban J connectivity index is 1.89. The SMILES string of the molecule is O=C(Nc1ccccn1)c1c[nH]c2c1C(=O)CCC2. The number of hydrogen-bond acceptors (Lipinski definition) is 3. The summed E-state index contributed by atoms with van der Waals surface area (Å²) in [4.78, 5) is 31.1. The lowest BCUT2D eigenvalue weighted by Crippen LogP contribution is -2.18. The molecule has 0 bridgehead atoms. The first-order valence-corrected chi connectivity index (χ1v) is 6.21. The number of fused-ring (bicyclic) bond motifs is 1. The normalized spacial score (nSPS) is 14.0. The minimum atomic E-state index is -0.300. The Bertz CT molecular complexity index is 631. The lowest BCUT2D eigenvalue weighted by Gasteiger charge is -2.11. The molecule has 5 nitrogen and oxygen atoms in total. The van der Waals surface area contributed by atoms with E-state index in [9.17, 15) is 9.59 Å². The summed E-state index contributed by atoms with van der Waals surface area (Å²) in [6.07, 6.45) is 5.37. The lowest BCUT2D eigenvalue weighted by atomic mass is 9.93. The van der Waals surface area contributed by atoms with E-state index in [0.717, 1.165) is 18.5 Å². The Hall–Kier alpha value is -2.43. The van der Waals surface area contributed by atoms with Gasteiger partial charge in [-0.25, -0.2) is 4.98 Å². The topological polar surface area (TPSA) is 74.8 Å². The Kier molecular flexibility index (Phi) is 2.87. The molecule has 2 heterocycles. The number of Topliss-reactive ketones (excluding diaryl/α,β-unsaturated/α-hetero) is 1. The van der Waals surface area contributed by atoms with Gasteiger partial charge in [0.05, 0.1) is 11.1 Å². The van der Waals surface area contributed by atoms with Crippen LogP contribution in [0.5, 0.6) is 0 Å². The number of carbonyl (C=O) groups is 2. The first kappa shape index (κ1) is 11.6. The molecular weight excluding hydrogens is 242 g/mol. The molecule has 5 heteroatoms. The number of hydrogen-bond donors (Lipinski definition) is 2. The van der Waals surface area contributed by atoms with Crippen molar-refractivity contribution in [2.75, 3.05) is 5.32 Å². The van der Waals surface area contributed by atoms with Crippen LogP contribution in [0, 0.1) is 0 Å². The van der Waals surface area contributed by atoms with Gasteiger partial charge < -0.3 is 10.3 Å². The van der Waals surface area contributed by atoms with Crippen molar-refractivity contribution in [1.82, 2.24) is 9.97 Å². The summed E-state index contributed by atoms with van der Waals surface area (Å²) in [6, 6.07) is 5.27. The molecule has 0 saturated carbocycles. The smallest absolute Gasteiger partial charge is 0.259 e. The van der Waals surface area contributed by atoms with E-state index in [0.29, 0.717) is 23.4 Å². The molecule has 1 amide bonds. The van der Waals surface area contributed by atoms with Crippen LogP contribution < -0.4 is 5.32 Å². The van der Waals surface area contributed by atoms with E-state index in [1.54, 1.807) is 30.6 Å². The highest BCUT2D eigenvalue weighted by molar-refractivity contribution is 6.13. The molecular formula is C14H13N3O2. The van der Waals surface area contributed by atoms with Crippen molar-refractivity contribution >= 4 is 17.5 Å². The third kappa shape index (κ3) is 2.14. The highest BCUT2D eigenvalue weighted by Gasteiger charge is 2.25. The molecule has 1 aliphatic carbocycles. The number of carbonyl (C=O) groups excluding carboxylic acids is 2. The lowest BCUT2D eigenvalue weighted by molar-refractivity contribution is 0.0956.